The van der Waals surface area contributed by atoms with Gasteiger partial charge in [-0.15, -0.1) is 11.3 Å². The highest BCUT2D eigenvalue weighted by Crippen LogP contribution is 2.20. The lowest BCUT2D eigenvalue weighted by Gasteiger charge is -2.13. The number of fused-ring (bicyclic) bond motifs is 1. The van der Waals surface area contributed by atoms with Gasteiger partial charge in [0.15, 0.2) is 4.96 Å². The molecule has 0 amide bonds. The van der Waals surface area contributed by atoms with Gasteiger partial charge in [-0.1, -0.05) is 29.8 Å². The first-order valence-corrected chi connectivity index (χ1v) is 8.25. The molecule has 2 heterocycles. The molecule has 0 saturated carbocycles. The molecular formula is C17H21N3OS. The summed E-state index contributed by atoms with van der Waals surface area (Å²) in [7, 11) is 0. The minimum absolute atomic E-state index is 0.493. The van der Waals surface area contributed by atoms with E-state index in [2.05, 4.69) is 27.8 Å². The van der Waals surface area contributed by atoms with Gasteiger partial charge in [0.05, 0.1) is 17.5 Å². The lowest BCUT2D eigenvalue weighted by molar-refractivity contribution is 0.174. The van der Waals surface area contributed by atoms with Crippen LogP contribution in [0.5, 0.6) is 0 Å². The predicted octanol–water partition coefficient (Wildman–Crippen LogP) is 3.14. The smallest absolute Gasteiger partial charge is 0.194 e. The Morgan fingerprint density at radius 1 is 1.32 bits per heavy atom. The Morgan fingerprint density at radius 2 is 2.14 bits per heavy atom. The molecule has 0 saturated heterocycles. The van der Waals surface area contributed by atoms with E-state index in [1.54, 1.807) is 11.3 Å². The number of thiazole rings is 1. The van der Waals surface area contributed by atoms with Gasteiger partial charge in [-0.3, -0.25) is 4.40 Å². The third-order valence-electron chi connectivity index (χ3n) is 3.80. The Hall–Kier alpha value is -1.69. The second-order valence-electron chi connectivity index (χ2n) is 5.70. The fourth-order valence-electron chi connectivity index (χ4n) is 2.64. The van der Waals surface area contributed by atoms with Crippen molar-refractivity contribution in [2.24, 2.45) is 0 Å². The number of hydrogen-bond donors (Lipinski definition) is 2. The van der Waals surface area contributed by atoms with Crippen molar-refractivity contribution in [3.05, 3.63) is 57.9 Å². The summed E-state index contributed by atoms with van der Waals surface area (Å²) in [5, 5.41) is 13.6. The maximum Gasteiger partial charge on any atom is 0.194 e. The number of aliphatic hydroxyl groups excluding tert-OH is 1. The molecule has 1 aromatic carbocycles. The monoisotopic (exact) mass is 315 g/mol. The molecule has 5 heteroatoms. The third kappa shape index (κ3) is 3.06. The van der Waals surface area contributed by atoms with Crippen LogP contribution in [0.25, 0.3) is 4.96 Å². The molecule has 4 nitrogen and oxygen atoms in total. The van der Waals surface area contributed by atoms with Gasteiger partial charge >= 0.3 is 0 Å². The first kappa shape index (κ1) is 15.2. The molecule has 22 heavy (non-hydrogen) atoms. The van der Waals surface area contributed by atoms with E-state index in [0.29, 0.717) is 13.1 Å². The number of benzene rings is 1. The Morgan fingerprint density at radius 3 is 2.91 bits per heavy atom. The molecule has 0 radical (unpaired) electrons. The molecule has 0 bridgehead atoms. The molecule has 2 aromatic heterocycles. The number of aromatic nitrogens is 2. The van der Waals surface area contributed by atoms with Crippen molar-refractivity contribution in [1.82, 2.24) is 14.7 Å². The van der Waals surface area contributed by atoms with Crippen LogP contribution >= 0.6 is 11.3 Å². The summed E-state index contributed by atoms with van der Waals surface area (Å²) in [6.07, 6.45) is 1.63. The Kier molecular flexibility index (Phi) is 4.29. The van der Waals surface area contributed by atoms with Gasteiger partial charge < -0.3 is 10.4 Å². The fourth-order valence-corrected chi connectivity index (χ4v) is 3.53. The van der Waals surface area contributed by atoms with E-state index in [-0.39, 0.29) is 0 Å². The number of imidazole rings is 1. The van der Waals surface area contributed by atoms with E-state index in [1.807, 2.05) is 38.1 Å². The first-order chi connectivity index (χ1) is 10.5. The molecule has 1 unspecified atom stereocenters. The molecular weight excluding hydrogens is 294 g/mol. The maximum atomic E-state index is 10.3. The van der Waals surface area contributed by atoms with E-state index < -0.39 is 6.10 Å². The van der Waals surface area contributed by atoms with E-state index >= 15 is 0 Å². The average molecular weight is 315 g/mol. The van der Waals surface area contributed by atoms with Crippen LogP contribution in [0.4, 0.5) is 0 Å². The van der Waals surface area contributed by atoms with Gasteiger partial charge in [-0.25, -0.2) is 4.98 Å². The molecule has 0 fully saturated rings. The zero-order valence-corrected chi connectivity index (χ0v) is 13.9. The fraction of sp³-hybridized carbons (Fsp3) is 0.353. The van der Waals surface area contributed by atoms with Crippen LogP contribution in [0.2, 0.25) is 0 Å². The number of hydrogen-bond acceptors (Lipinski definition) is 4. The van der Waals surface area contributed by atoms with Crippen LogP contribution < -0.4 is 5.32 Å². The Bertz CT molecular complexity index is 790. The van der Waals surface area contributed by atoms with Crippen molar-refractivity contribution in [3.63, 3.8) is 0 Å². The van der Waals surface area contributed by atoms with E-state index in [4.69, 9.17) is 0 Å². The molecule has 3 rings (SSSR count). The zero-order valence-electron chi connectivity index (χ0n) is 13.1. The highest BCUT2D eigenvalue weighted by Gasteiger charge is 2.12. The minimum Gasteiger partial charge on any atom is -0.387 e. The third-order valence-corrected chi connectivity index (χ3v) is 4.70. The largest absolute Gasteiger partial charge is 0.387 e. The molecule has 0 spiro atoms. The highest BCUT2D eigenvalue weighted by atomic mass is 32.1. The van der Waals surface area contributed by atoms with Gasteiger partial charge in [0.1, 0.15) is 0 Å². The standard InChI is InChI=1S/C17H21N3OS/c1-11-5-4-6-14(7-11)16(21)9-18-8-15-13(3)19-17-20(15)10-12(2)22-17/h4-7,10,16,18,21H,8-9H2,1-3H3. The van der Waals surface area contributed by atoms with Crippen molar-refractivity contribution in [2.75, 3.05) is 6.54 Å². The topological polar surface area (TPSA) is 49.6 Å². The summed E-state index contributed by atoms with van der Waals surface area (Å²) >= 11 is 1.70. The van der Waals surface area contributed by atoms with Crippen LogP contribution in [0.3, 0.4) is 0 Å². The van der Waals surface area contributed by atoms with Crippen molar-refractivity contribution in [1.29, 1.82) is 0 Å². The number of aliphatic hydroxyl groups is 1. The maximum absolute atomic E-state index is 10.3. The quantitative estimate of drug-likeness (QED) is 0.760. The van der Waals surface area contributed by atoms with E-state index in [9.17, 15) is 5.11 Å². The number of aryl methyl sites for hydroxylation is 3. The van der Waals surface area contributed by atoms with E-state index in [0.717, 1.165) is 21.9 Å². The Labute approximate surface area is 134 Å². The average Bonchev–Trinajstić information content (AvgIpc) is 2.95. The molecule has 1 atom stereocenters. The van der Waals surface area contributed by atoms with Gasteiger partial charge in [-0.05, 0) is 26.3 Å². The van der Waals surface area contributed by atoms with Crippen molar-refractivity contribution in [3.8, 4) is 0 Å². The molecule has 116 valence electrons. The normalized spacial score (nSPS) is 12.9. The summed E-state index contributed by atoms with van der Waals surface area (Å²) in [5.41, 5.74) is 4.33. The second-order valence-corrected chi connectivity index (χ2v) is 6.91. The zero-order chi connectivity index (χ0) is 15.7. The van der Waals surface area contributed by atoms with Crippen LogP contribution in [0.1, 0.15) is 33.5 Å². The van der Waals surface area contributed by atoms with E-state index in [1.165, 1.54) is 10.4 Å². The minimum atomic E-state index is -0.493. The van der Waals surface area contributed by atoms with Gasteiger partial charge in [-0.2, -0.15) is 0 Å². The van der Waals surface area contributed by atoms with Crippen molar-refractivity contribution in [2.45, 2.75) is 33.4 Å². The lowest BCUT2D eigenvalue weighted by Crippen LogP contribution is -2.22. The van der Waals surface area contributed by atoms with Crippen molar-refractivity contribution < 1.29 is 5.11 Å². The molecule has 0 aliphatic heterocycles. The molecule has 0 aliphatic carbocycles. The van der Waals surface area contributed by atoms with Gasteiger partial charge in [0.25, 0.3) is 0 Å². The molecule has 3 aromatic rings. The van der Waals surface area contributed by atoms with Crippen LogP contribution in [-0.2, 0) is 6.54 Å². The molecule has 0 aliphatic rings. The molecule has 2 N–H and O–H groups in total. The van der Waals surface area contributed by atoms with Crippen LogP contribution in [-0.4, -0.2) is 21.0 Å². The lowest BCUT2D eigenvalue weighted by atomic mass is 10.1. The highest BCUT2D eigenvalue weighted by molar-refractivity contribution is 7.17. The summed E-state index contributed by atoms with van der Waals surface area (Å²) in [5.74, 6) is 0. The number of rotatable bonds is 5. The van der Waals surface area contributed by atoms with Crippen molar-refractivity contribution >= 4 is 16.3 Å². The second kappa shape index (κ2) is 6.20. The summed E-state index contributed by atoms with van der Waals surface area (Å²) in [4.78, 5) is 6.87. The predicted molar refractivity (Wildman–Crippen MR) is 90.4 cm³/mol. The SMILES string of the molecule is Cc1cccc(C(O)CNCc2c(C)nc3sc(C)cn23)c1. The van der Waals surface area contributed by atoms with Gasteiger partial charge in [0.2, 0.25) is 0 Å². The first-order valence-electron chi connectivity index (χ1n) is 7.44. The summed E-state index contributed by atoms with van der Waals surface area (Å²) < 4.78 is 2.14. The number of nitrogens with one attached hydrogen (secondary N) is 1. The van der Waals surface area contributed by atoms with Gasteiger partial charge in [0, 0.05) is 24.2 Å². The van der Waals surface area contributed by atoms with Crippen LogP contribution in [0, 0.1) is 20.8 Å². The number of nitrogens with zero attached hydrogens (tertiary/aromatic N) is 2. The summed E-state index contributed by atoms with van der Waals surface area (Å²) in [6, 6.07) is 8.00. The Balaban J connectivity index is 1.66. The summed E-state index contributed by atoms with van der Waals surface area (Å²) in [6.45, 7) is 7.39. The van der Waals surface area contributed by atoms with Crippen LogP contribution in [0.15, 0.2) is 30.5 Å².